The minimum atomic E-state index is 0.279. The molecule has 4 aromatic carbocycles. The predicted molar refractivity (Wildman–Crippen MR) is 173 cm³/mol. The fourth-order valence-corrected chi connectivity index (χ4v) is 6.59. The molecule has 6 rings (SSSR count). The Bertz CT molecular complexity index is 1570. The standard InChI is InChI=1S/C34H30ClIN2O2/c1-2-39-32-19-22(18-30(36)34(32)40-21-24-8-3-5-12-29(24)35)20-37-25-16-14-23(15-17-25)33-28-11-7-10-26(28)27-9-4-6-13-31(27)38-33/h3-10,12-20,26,28,33,38H,2,11,21H2,1H3/t26-,28-,33-/m0/s1. The maximum Gasteiger partial charge on any atom is 0.175 e. The van der Waals surface area contributed by atoms with Crippen LogP contribution in [0.3, 0.4) is 0 Å². The second-order valence-corrected chi connectivity index (χ2v) is 11.6. The molecule has 0 aromatic heterocycles. The molecule has 2 aliphatic rings. The van der Waals surface area contributed by atoms with Crippen LogP contribution in [0.25, 0.3) is 0 Å². The lowest BCUT2D eigenvalue weighted by Gasteiger charge is -2.37. The van der Waals surface area contributed by atoms with E-state index >= 15 is 0 Å². The van der Waals surface area contributed by atoms with Crippen molar-refractivity contribution in [3.8, 4) is 11.5 Å². The van der Waals surface area contributed by atoms with Gasteiger partial charge in [-0.05, 0) is 94.9 Å². The number of rotatable bonds is 8. The highest BCUT2D eigenvalue weighted by Crippen LogP contribution is 2.49. The molecule has 1 aliphatic heterocycles. The summed E-state index contributed by atoms with van der Waals surface area (Å²) < 4.78 is 13.0. The van der Waals surface area contributed by atoms with Crippen LogP contribution in [0.2, 0.25) is 5.02 Å². The van der Waals surface area contributed by atoms with Crippen LogP contribution in [-0.4, -0.2) is 12.8 Å². The maximum atomic E-state index is 6.32. The molecule has 0 saturated heterocycles. The van der Waals surface area contributed by atoms with E-state index in [9.17, 15) is 0 Å². The average Bonchev–Trinajstić information content (AvgIpc) is 3.47. The minimum absolute atomic E-state index is 0.279. The number of benzene rings is 4. The summed E-state index contributed by atoms with van der Waals surface area (Å²) in [6.45, 7) is 2.88. The molecule has 3 atom stereocenters. The first kappa shape index (κ1) is 26.9. The Kier molecular flexibility index (Phi) is 8.12. The maximum absolute atomic E-state index is 6.32. The summed E-state index contributed by atoms with van der Waals surface area (Å²) in [7, 11) is 0. The molecule has 0 amide bonds. The monoisotopic (exact) mass is 660 g/mol. The van der Waals surface area contributed by atoms with Crippen molar-refractivity contribution in [1.82, 2.24) is 0 Å². The van der Waals surface area contributed by atoms with E-state index in [0.717, 1.165) is 26.8 Å². The van der Waals surface area contributed by atoms with Crippen molar-refractivity contribution in [3.63, 3.8) is 0 Å². The first-order valence-corrected chi connectivity index (χ1v) is 15.0. The normalized spacial score (nSPS) is 19.2. The second-order valence-electron chi connectivity index (χ2n) is 10.1. The van der Waals surface area contributed by atoms with E-state index in [4.69, 9.17) is 26.1 Å². The quantitative estimate of drug-likeness (QED) is 0.116. The van der Waals surface area contributed by atoms with Crippen LogP contribution in [0.4, 0.5) is 11.4 Å². The summed E-state index contributed by atoms with van der Waals surface area (Å²) in [6.07, 6.45) is 7.68. The lowest BCUT2D eigenvalue weighted by atomic mass is 9.77. The molecule has 0 saturated carbocycles. The molecule has 40 heavy (non-hydrogen) atoms. The number of allylic oxidation sites excluding steroid dienone is 2. The molecule has 1 N–H and O–H groups in total. The van der Waals surface area contributed by atoms with Crippen molar-refractivity contribution in [2.45, 2.75) is 31.9 Å². The third-order valence-electron chi connectivity index (χ3n) is 7.55. The molecule has 0 spiro atoms. The number of halogens is 2. The molecule has 4 aromatic rings. The van der Waals surface area contributed by atoms with Crippen LogP contribution in [0.1, 0.15) is 47.6 Å². The van der Waals surface area contributed by atoms with Crippen molar-refractivity contribution in [2.75, 3.05) is 11.9 Å². The van der Waals surface area contributed by atoms with Gasteiger partial charge in [0.2, 0.25) is 0 Å². The number of aliphatic imine (C=N–C) groups is 1. The molecule has 0 unspecified atom stereocenters. The van der Waals surface area contributed by atoms with Crippen molar-refractivity contribution < 1.29 is 9.47 Å². The summed E-state index contributed by atoms with van der Waals surface area (Å²) in [5, 5.41) is 4.49. The van der Waals surface area contributed by atoms with E-state index in [2.05, 4.69) is 94.7 Å². The smallest absolute Gasteiger partial charge is 0.175 e. The summed E-state index contributed by atoms with van der Waals surface area (Å²) >= 11 is 8.60. The second kappa shape index (κ2) is 12.1. The van der Waals surface area contributed by atoms with Gasteiger partial charge in [-0.2, -0.15) is 0 Å². The Balaban J connectivity index is 1.18. The Morgan fingerprint density at radius 3 is 2.62 bits per heavy atom. The Morgan fingerprint density at radius 1 is 1.00 bits per heavy atom. The largest absolute Gasteiger partial charge is 0.490 e. The molecule has 1 heterocycles. The van der Waals surface area contributed by atoms with Gasteiger partial charge in [-0.3, -0.25) is 4.99 Å². The number of nitrogens with zero attached hydrogens (tertiary/aromatic N) is 1. The summed E-state index contributed by atoms with van der Waals surface area (Å²) in [5.41, 5.74) is 6.73. The summed E-state index contributed by atoms with van der Waals surface area (Å²) in [6, 6.07) is 29.3. The fourth-order valence-electron chi connectivity index (χ4n) is 5.62. The minimum Gasteiger partial charge on any atom is -0.490 e. The third kappa shape index (κ3) is 5.63. The molecule has 1 aliphatic carbocycles. The van der Waals surface area contributed by atoms with Gasteiger partial charge >= 0.3 is 0 Å². The molecular weight excluding hydrogens is 631 g/mol. The zero-order valence-electron chi connectivity index (χ0n) is 22.2. The first-order valence-electron chi connectivity index (χ1n) is 13.6. The SMILES string of the molecule is CCOc1cc(C=Nc2ccc([C@@H]3Nc4ccccc4[C@@H]4C=CC[C@@H]43)cc2)cc(I)c1OCc1ccccc1Cl. The number of hydrogen-bond donors (Lipinski definition) is 1. The van der Waals surface area contributed by atoms with Crippen LogP contribution < -0.4 is 14.8 Å². The van der Waals surface area contributed by atoms with E-state index in [1.807, 2.05) is 43.5 Å². The molecule has 0 radical (unpaired) electrons. The van der Waals surface area contributed by atoms with E-state index in [-0.39, 0.29) is 6.04 Å². The third-order valence-corrected chi connectivity index (χ3v) is 8.72. The van der Waals surface area contributed by atoms with Crippen molar-refractivity contribution >= 4 is 51.8 Å². The first-order chi connectivity index (χ1) is 19.6. The van der Waals surface area contributed by atoms with Crippen LogP contribution in [-0.2, 0) is 6.61 Å². The Morgan fingerprint density at radius 2 is 1.80 bits per heavy atom. The summed E-state index contributed by atoms with van der Waals surface area (Å²) in [5.74, 6) is 2.41. The molecule has 0 bridgehead atoms. The van der Waals surface area contributed by atoms with Gasteiger partial charge in [-0.25, -0.2) is 0 Å². The zero-order valence-corrected chi connectivity index (χ0v) is 25.1. The van der Waals surface area contributed by atoms with Gasteiger partial charge in [0.05, 0.1) is 21.9 Å². The number of ether oxygens (including phenoxy) is 2. The van der Waals surface area contributed by atoms with Gasteiger partial charge in [0, 0.05) is 28.4 Å². The molecule has 0 fully saturated rings. The van der Waals surface area contributed by atoms with Crippen molar-refractivity contribution in [3.05, 3.63) is 128 Å². The molecule has 6 heteroatoms. The van der Waals surface area contributed by atoms with E-state index in [0.29, 0.717) is 41.6 Å². The number of fused-ring (bicyclic) bond motifs is 3. The zero-order chi connectivity index (χ0) is 27.5. The number of hydrogen-bond acceptors (Lipinski definition) is 4. The number of para-hydroxylation sites is 1. The van der Waals surface area contributed by atoms with Crippen LogP contribution >= 0.6 is 34.2 Å². The average molecular weight is 661 g/mol. The molecule has 4 nitrogen and oxygen atoms in total. The van der Waals surface area contributed by atoms with Crippen LogP contribution in [0, 0.1) is 9.49 Å². The van der Waals surface area contributed by atoms with Gasteiger partial charge < -0.3 is 14.8 Å². The van der Waals surface area contributed by atoms with Gasteiger partial charge in [-0.1, -0.05) is 72.3 Å². The Labute approximate surface area is 254 Å². The number of anilines is 1. The highest BCUT2D eigenvalue weighted by Gasteiger charge is 2.37. The van der Waals surface area contributed by atoms with Gasteiger partial charge in [0.25, 0.3) is 0 Å². The summed E-state index contributed by atoms with van der Waals surface area (Å²) in [4.78, 5) is 4.77. The molecular formula is C34H30ClIN2O2. The highest BCUT2D eigenvalue weighted by atomic mass is 127. The van der Waals surface area contributed by atoms with Crippen LogP contribution in [0.5, 0.6) is 11.5 Å². The van der Waals surface area contributed by atoms with E-state index in [1.165, 1.54) is 16.8 Å². The predicted octanol–water partition coefficient (Wildman–Crippen LogP) is 9.50. The van der Waals surface area contributed by atoms with Gasteiger partial charge in [0.15, 0.2) is 11.5 Å². The highest BCUT2D eigenvalue weighted by molar-refractivity contribution is 14.1. The fraction of sp³-hybridized carbons (Fsp3) is 0.206. The number of nitrogens with one attached hydrogen (secondary N) is 1. The van der Waals surface area contributed by atoms with Crippen LogP contribution in [0.15, 0.2) is 102 Å². The van der Waals surface area contributed by atoms with E-state index < -0.39 is 0 Å². The van der Waals surface area contributed by atoms with E-state index in [1.54, 1.807) is 0 Å². The lowest BCUT2D eigenvalue weighted by Crippen LogP contribution is -2.28. The topological polar surface area (TPSA) is 42.8 Å². The van der Waals surface area contributed by atoms with Gasteiger partial charge in [0.1, 0.15) is 6.61 Å². The van der Waals surface area contributed by atoms with Gasteiger partial charge in [-0.15, -0.1) is 0 Å². The Hall–Kier alpha value is -3.29. The lowest BCUT2D eigenvalue weighted by molar-refractivity contribution is 0.267. The van der Waals surface area contributed by atoms with Crippen molar-refractivity contribution in [2.24, 2.45) is 10.9 Å². The van der Waals surface area contributed by atoms with Crippen molar-refractivity contribution in [1.29, 1.82) is 0 Å². The molecule has 202 valence electrons.